The largest absolute Gasteiger partial charge is 0.489 e. The predicted molar refractivity (Wildman–Crippen MR) is 175 cm³/mol. The smallest absolute Gasteiger partial charge is 0.166 e. The molecule has 1 atom stereocenters. The third kappa shape index (κ3) is 10.0. The van der Waals surface area contributed by atoms with E-state index in [1.54, 1.807) is 11.8 Å². The van der Waals surface area contributed by atoms with Crippen LogP contribution in [0.3, 0.4) is 0 Å². The Balaban J connectivity index is 2.58. The van der Waals surface area contributed by atoms with E-state index in [-0.39, 0.29) is 17.8 Å². The number of rotatable bonds is 14. The number of Topliss-reactive ketones (excluding diaryl/α,β-unsaturated/α-hetero) is 1. The monoisotopic (exact) mass is 583 g/mol. The number of para-hydroxylation sites is 1. The summed E-state index contributed by atoms with van der Waals surface area (Å²) in [5, 5.41) is 7.79. The topological polar surface area (TPSA) is 62.7 Å². The van der Waals surface area contributed by atoms with E-state index in [0.717, 1.165) is 41.0 Å². The fraction of sp³-hybridized carbons (Fsp3) is 0.455. The van der Waals surface area contributed by atoms with Gasteiger partial charge in [0.25, 0.3) is 0 Å². The highest BCUT2D eigenvalue weighted by Crippen LogP contribution is 2.34. The summed E-state index contributed by atoms with van der Waals surface area (Å²) in [6.07, 6.45) is 6.22. The predicted octanol–water partition coefficient (Wildman–Crippen LogP) is 10.1. The third-order valence-electron chi connectivity index (χ3n) is 6.10. The molecule has 5 nitrogen and oxygen atoms in total. The number of nitrogens with zero attached hydrogens (tertiary/aromatic N) is 1. The number of hydrogen-bond acceptors (Lipinski definition) is 5. The number of aliphatic imine (C=N–C) groups is 1. The summed E-state index contributed by atoms with van der Waals surface area (Å²) in [6, 6.07) is 12.0. The van der Waals surface area contributed by atoms with E-state index in [9.17, 15) is 4.79 Å². The van der Waals surface area contributed by atoms with Gasteiger partial charge >= 0.3 is 0 Å². The Morgan fingerprint density at radius 1 is 1.05 bits per heavy atom. The van der Waals surface area contributed by atoms with Gasteiger partial charge < -0.3 is 15.4 Å². The highest BCUT2D eigenvalue weighted by molar-refractivity contribution is 8.00. The van der Waals surface area contributed by atoms with E-state index in [0.29, 0.717) is 33.4 Å². The number of carbonyl (C=O) groups is 1. The molecule has 2 rings (SSSR count). The van der Waals surface area contributed by atoms with Crippen LogP contribution in [0.2, 0.25) is 0 Å². The number of ether oxygens (including phenoxy) is 1. The molecule has 0 aliphatic heterocycles. The maximum Gasteiger partial charge on any atom is 0.166 e. The zero-order valence-electron chi connectivity index (χ0n) is 25.5. The lowest BCUT2D eigenvalue weighted by Gasteiger charge is -2.20. The average Bonchev–Trinajstić information content (AvgIpc) is 2.91. The van der Waals surface area contributed by atoms with Crippen LogP contribution >= 0.6 is 23.4 Å². The Labute approximate surface area is 250 Å². The summed E-state index contributed by atoms with van der Waals surface area (Å²) in [6.45, 7) is 18.3. The second kappa shape index (κ2) is 16.5. The molecule has 0 bridgehead atoms. The molecule has 0 heterocycles. The summed E-state index contributed by atoms with van der Waals surface area (Å²) in [5.74, 6) is 1.91. The maximum atomic E-state index is 13.3. The van der Waals surface area contributed by atoms with Gasteiger partial charge in [-0.05, 0) is 75.9 Å². The first-order valence-corrected chi connectivity index (χ1v) is 15.5. The van der Waals surface area contributed by atoms with Gasteiger partial charge in [0.15, 0.2) is 11.6 Å². The van der Waals surface area contributed by atoms with E-state index >= 15 is 0 Å². The van der Waals surface area contributed by atoms with Crippen LogP contribution in [-0.2, 0) is 6.42 Å². The molecule has 2 aromatic rings. The molecule has 218 valence electrons. The number of benzene rings is 2. The number of hydrogen-bond donors (Lipinski definition) is 2. The molecule has 0 saturated heterocycles. The number of aryl methyl sites for hydroxylation is 1. The standard InChI is InChI=1S/C33H46ClN3O2S/c1-10-13-16-27(34)33(37-28-17-14-15-18-31(28)40-22(6)7)36-24(9)35-29-20-26(32(38)23(8)11-2)25(12-3)19-30(29)39-21(4)5/h13-23,37H,10-12H2,1-9H3,(H,35,36)/b16-13+,33-27-. The van der Waals surface area contributed by atoms with Crippen molar-refractivity contribution in [2.24, 2.45) is 10.9 Å². The molecular weight excluding hydrogens is 538 g/mol. The van der Waals surface area contributed by atoms with Crippen molar-refractivity contribution < 1.29 is 9.53 Å². The number of allylic oxidation sites excluding steroid dienone is 3. The second-order valence-corrected chi connectivity index (χ2v) is 12.3. The van der Waals surface area contributed by atoms with Gasteiger partial charge in [-0.2, -0.15) is 0 Å². The molecule has 0 radical (unpaired) electrons. The summed E-state index contributed by atoms with van der Waals surface area (Å²) in [7, 11) is 0. The minimum absolute atomic E-state index is 0.0284. The highest BCUT2D eigenvalue weighted by Gasteiger charge is 2.20. The molecule has 40 heavy (non-hydrogen) atoms. The molecule has 0 fully saturated rings. The number of thioether (sulfide) groups is 1. The van der Waals surface area contributed by atoms with Crippen molar-refractivity contribution in [3.05, 3.63) is 70.5 Å². The highest BCUT2D eigenvalue weighted by atomic mass is 35.5. The molecular formula is C33H46ClN3O2S. The molecule has 2 N–H and O–H groups in total. The van der Waals surface area contributed by atoms with Crippen LogP contribution in [0.1, 0.15) is 91.1 Å². The number of carbonyl (C=O) groups excluding carboxylic acids is 1. The minimum Gasteiger partial charge on any atom is -0.489 e. The van der Waals surface area contributed by atoms with Crippen LogP contribution in [0, 0.1) is 5.92 Å². The number of halogens is 1. The van der Waals surface area contributed by atoms with Crippen molar-refractivity contribution in [3.8, 4) is 5.75 Å². The van der Waals surface area contributed by atoms with E-state index in [1.807, 2.05) is 77.1 Å². The molecule has 7 heteroatoms. The third-order valence-corrected chi connectivity index (χ3v) is 7.48. The lowest BCUT2D eigenvalue weighted by molar-refractivity contribution is 0.0926. The van der Waals surface area contributed by atoms with E-state index in [2.05, 4.69) is 44.4 Å². The van der Waals surface area contributed by atoms with Gasteiger partial charge in [0.2, 0.25) is 0 Å². The lowest BCUT2D eigenvalue weighted by Crippen LogP contribution is -2.17. The van der Waals surface area contributed by atoms with Gasteiger partial charge in [-0.15, -0.1) is 11.8 Å². The Morgan fingerprint density at radius 2 is 1.75 bits per heavy atom. The molecule has 0 aliphatic carbocycles. The fourth-order valence-electron chi connectivity index (χ4n) is 3.93. The normalized spacial score (nSPS) is 13.6. The summed E-state index contributed by atoms with van der Waals surface area (Å²) < 4.78 is 6.17. The average molecular weight is 584 g/mol. The summed E-state index contributed by atoms with van der Waals surface area (Å²) in [5.41, 5.74) is 3.35. The Hall–Kier alpha value is -2.70. The zero-order chi connectivity index (χ0) is 29.8. The molecule has 0 aromatic heterocycles. The van der Waals surface area contributed by atoms with Gasteiger partial charge in [0.1, 0.15) is 11.6 Å². The van der Waals surface area contributed by atoms with Crippen molar-refractivity contribution >= 4 is 46.4 Å². The molecule has 0 spiro atoms. The fourth-order valence-corrected chi connectivity index (χ4v) is 5.02. The maximum absolute atomic E-state index is 13.3. The Morgan fingerprint density at radius 3 is 2.35 bits per heavy atom. The van der Waals surface area contributed by atoms with Crippen LogP contribution in [0.15, 0.2) is 69.3 Å². The van der Waals surface area contributed by atoms with Gasteiger partial charge in [0.05, 0.1) is 22.5 Å². The molecule has 0 saturated carbocycles. The number of anilines is 2. The number of nitrogens with one attached hydrogen (secondary N) is 2. The van der Waals surface area contributed by atoms with E-state index in [4.69, 9.17) is 21.3 Å². The van der Waals surface area contributed by atoms with Crippen LogP contribution in [-0.4, -0.2) is 23.0 Å². The van der Waals surface area contributed by atoms with E-state index in [1.165, 1.54) is 0 Å². The van der Waals surface area contributed by atoms with Crippen molar-refractivity contribution in [1.29, 1.82) is 0 Å². The molecule has 1 unspecified atom stereocenters. The SMILES string of the molecule is CC/C=C/C(Cl)=C(\N=C(/C)Nc1cc(C(=O)C(C)CC)c(CC)cc1OC(C)C)Nc1ccccc1SC(C)C. The van der Waals surface area contributed by atoms with Crippen LogP contribution in [0.4, 0.5) is 11.4 Å². The van der Waals surface area contributed by atoms with Gasteiger partial charge in [-0.3, -0.25) is 4.79 Å². The summed E-state index contributed by atoms with van der Waals surface area (Å²) in [4.78, 5) is 19.3. The Kier molecular flexibility index (Phi) is 13.9. The lowest BCUT2D eigenvalue weighted by atomic mass is 9.92. The van der Waals surface area contributed by atoms with E-state index < -0.39 is 0 Å². The number of ketones is 1. The second-order valence-electron chi connectivity index (χ2n) is 10.3. The van der Waals surface area contributed by atoms with Crippen LogP contribution in [0.5, 0.6) is 5.75 Å². The molecule has 0 aliphatic rings. The van der Waals surface area contributed by atoms with Crippen molar-refractivity contribution in [1.82, 2.24) is 0 Å². The first kappa shape index (κ1) is 33.5. The van der Waals surface area contributed by atoms with Crippen LogP contribution in [0.25, 0.3) is 0 Å². The number of amidine groups is 1. The quantitative estimate of drug-likeness (QED) is 0.0761. The summed E-state index contributed by atoms with van der Waals surface area (Å²) >= 11 is 8.54. The van der Waals surface area contributed by atoms with Gasteiger partial charge in [0, 0.05) is 21.6 Å². The Bertz CT molecular complexity index is 1230. The first-order valence-electron chi connectivity index (χ1n) is 14.3. The molecule has 2 aromatic carbocycles. The van der Waals surface area contributed by atoms with Gasteiger partial charge in [-0.25, -0.2) is 4.99 Å². The first-order chi connectivity index (χ1) is 19.0. The minimum atomic E-state index is -0.0588. The van der Waals surface area contributed by atoms with Crippen molar-refractivity contribution in [2.75, 3.05) is 10.6 Å². The van der Waals surface area contributed by atoms with Crippen molar-refractivity contribution in [3.63, 3.8) is 0 Å². The van der Waals surface area contributed by atoms with Crippen molar-refractivity contribution in [2.45, 2.75) is 97.8 Å². The zero-order valence-corrected chi connectivity index (χ0v) is 27.1. The van der Waals surface area contributed by atoms with Gasteiger partial charge in [-0.1, -0.05) is 71.4 Å². The van der Waals surface area contributed by atoms with Crippen LogP contribution < -0.4 is 15.4 Å². The molecule has 0 amide bonds.